The Balaban J connectivity index is 0.000000671. The molecular formula is C26H51O14P. The van der Waals surface area contributed by atoms with E-state index in [2.05, 4.69) is 20.2 Å². The lowest BCUT2D eigenvalue weighted by Crippen LogP contribution is -2.17. The molecule has 2 rings (SSSR count). The van der Waals surface area contributed by atoms with E-state index < -0.39 is 7.82 Å². The fourth-order valence-corrected chi connectivity index (χ4v) is 3.77. The fourth-order valence-electron chi connectivity index (χ4n) is 3.77. The zero-order chi connectivity index (χ0) is 30.6. The fraction of sp³-hybridized carbons (Fsp3) is 0.846. The Morgan fingerprint density at radius 2 is 0.976 bits per heavy atom. The molecule has 0 heterocycles. The second-order valence-electron chi connectivity index (χ2n) is 9.06. The quantitative estimate of drug-likeness (QED) is 0.0538. The molecule has 0 unspecified atom stereocenters. The van der Waals surface area contributed by atoms with E-state index in [1.165, 1.54) is 38.5 Å². The number of hydrogen-bond acceptors (Lipinski definition) is 11. The van der Waals surface area contributed by atoms with E-state index in [9.17, 15) is 0 Å². The highest BCUT2D eigenvalue weighted by atomic mass is 31.2. The van der Waals surface area contributed by atoms with Crippen molar-refractivity contribution in [3.63, 3.8) is 0 Å². The molecule has 0 radical (unpaired) electrons. The Bertz CT molecular complexity index is 631. The number of ether oxygens (including phenoxy) is 2. The largest absolute Gasteiger partial charge is 0.496 e. The van der Waals surface area contributed by atoms with Crippen LogP contribution in [-0.2, 0) is 53.7 Å². The average molecular weight is 619 g/mol. The van der Waals surface area contributed by atoms with E-state index in [1.54, 1.807) is 0 Å². The molecule has 0 aromatic heterocycles. The highest BCUT2D eigenvalue weighted by Crippen LogP contribution is 2.26. The lowest BCUT2D eigenvalue weighted by molar-refractivity contribution is -0.642. The van der Waals surface area contributed by atoms with Crippen molar-refractivity contribution in [2.75, 3.05) is 26.4 Å². The highest BCUT2D eigenvalue weighted by molar-refractivity contribution is 7.45. The highest BCUT2D eigenvalue weighted by Gasteiger charge is 2.16. The lowest BCUT2D eigenvalue weighted by Gasteiger charge is -2.18. The van der Waals surface area contributed by atoms with Crippen molar-refractivity contribution in [1.29, 1.82) is 0 Å². The lowest BCUT2D eigenvalue weighted by atomic mass is 9.98. The van der Waals surface area contributed by atoms with Crippen LogP contribution in [0.4, 0.5) is 0 Å². The maximum Gasteiger partial charge on any atom is 0.466 e. The Morgan fingerprint density at radius 3 is 1.27 bits per heavy atom. The van der Waals surface area contributed by atoms with E-state index in [1.807, 2.05) is 39.8 Å². The zero-order valence-corrected chi connectivity index (χ0v) is 25.8. The Morgan fingerprint density at radius 1 is 0.634 bits per heavy atom. The Labute approximate surface area is 243 Å². The summed E-state index contributed by atoms with van der Waals surface area (Å²) in [4.78, 5) is 41.2. The maximum atomic E-state index is 8.88. The first-order valence-corrected chi connectivity index (χ1v) is 15.9. The van der Waals surface area contributed by atoms with Gasteiger partial charge in [0.05, 0.1) is 23.7 Å². The van der Waals surface area contributed by atoms with Crippen LogP contribution in [0.2, 0.25) is 0 Å². The molecule has 14 nitrogen and oxygen atoms in total. The molecule has 0 saturated heterocycles. The zero-order valence-electron chi connectivity index (χ0n) is 24.9. The van der Waals surface area contributed by atoms with Gasteiger partial charge in [0.1, 0.15) is 26.4 Å². The van der Waals surface area contributed by atoms with Crippen molar-refractivity contribution in [3.05, 3.63) is 23.7 Å². The van der Waals surface area contributed by atoms with Crippen LogP contribution in [0.5, 0.6) is 0 Å². The molecular weight excluding hydrogens is 567 g/mol. The molecule has 0 aromatic rings. The number of rotatable bonds is 18. The van der Waals surface area contributed by atoms with Gasteiger partial charge in [-0.1, -0.05) is 52.4 Å². The van der Waals surface area contributed by atoms with Crippen molar-refractivity contribution in [1.82, 2.24) is 0 Å². The second kappa shape index (κ2) is 27.7. The predicted molar refractivity (Wildman–Crippen MR) is 146 cm³/mol. The summed E-state index contributed by atoms with van der Waals surface area (Å²) < 4.78 is 19.7. The summed E-state index contributed by atoms with van der Waals surface area (Å²) in [6.07, 6.45) is 17.3. The van der Waals surface area contributed by atoms with Gasteiger partial charge in [-0.15, -0.1) is 0 Å². The van der Waals surface area contributed by atoms with E-state index in [0.717, 1.165) is 50.0 Å². The van der Waals surface area contributed by atoms with Gasteiger partial charge in [0.2, 0.25) is 0 Å². The third-order valence-corrected chi connectivity index (χ3v) is 5.86. The van der Waals surface area contributed by atoms with Gasteiger partial charge in [-0.3, -0.25) is 0 Å². The van der Waals surface area contributed by atoms with Gasteiger partial charge in [-0.05, 0) is 71.8 Å². The summed E-state index contributed by atoms with van der Waals surface area (Å²) >= 11 is 0. The van der Waals surface area contributed by atoms with Crippen LogP contribution in [0.3, 0.4) is 0 Å². The van der Waals surface area contributed by atoms with Crippen molar-refractivity contribution in [3.8, 4) is 0 Å². The van der Waals surface area contributed by atoms with Crippen LogP contribution < -0.4 is 0 Å². The van der Waals surface area contributed by atoms with Gasteiger partial charge in [-0.25, -0.2) is 24.1 Å². The molecule has 2 aliphatic rings. The third-order valence-electron chi connectivity index (χ3n) is 5.86. The number of phosphoric acid groups is 1. The Kier molecular flexibility index (Phi) is 26.9. The van der Waals surface area contributed by atoms with Crippen LogP contribution in [0, 0.1) is 0 Å². The minimum absolute atomic E-state index is 0.133. The van der Waals surface area contributed by atoms with Gasteiger partial charge in [0.15, 0.2) is 0 Å². The molecule has 0 bridgehead atoms. The van der Waals surface area contributed by atoms with Crippen LogP contribution in [0.1, 0.15) is 105 Å². The molecule has 0 atom stereocenters. The van der Waals surface area contributed by atoms with Gasteiger partial charge in [0.25, 0.3) is 0 Å². The first-order valence-electron chi connectivity index (χ1n) is 14.3. The first-order chi connectivity index (χ1) is 19.7. The molecule has 244 valence electrons. The van der Waals surface area contributed by atoms with Crippen molar-refractivity contribution in [2.45, 2.75) is 117 Å². The minimum atomic E-state index is -4.64. The van der Waals surface area contributed by atoms with Crippen molar-refractivity contribution in [2.24, 2.45) is 0 Å². The summed E-state index contributed by atoms with van der Waals surface area (Å²) in [5.74, 6) is 1.89. The minimum Gasteiger partial charge on any atom is -0.496 e. The molecule has 0 spiro atoms. The van der Waals surface area contributed by atoms with Gasteiger partial charge in [-0.2, -0.15) is 0 Å². The molecule has 0 amide bonds. The van der Waals surface area contributed by atoms with Crippen molar-refractivity contribution >= 4 is 7.82 Å². The average Bonchev–Trinajstić information content (AvgIpc) is 2.97. The third kappa shape index (κ3) is 28.8. The van der Waals surface area contributed by atoms with E-state index >= 15 is 0 Å². The summed E-state index contributed by atoms with van der Waals surface area (Å²) in [6.45, 7) is 9.41. The van der Waals surface area contributed by atoms with Crippen LogP contribution in [-0.4, -0.2) is 53.3 Å². The van der Waals surface area contributed by atoms with Crippen LogP contribution >= 0.6 is 7.82 Å². The monoisotopic (exact) mass is 618 g/mol. The molecule has 0 aromatic carbocycles. The molecule has 15 heteroatoms. The smallest absolute Gasteiger partial charge is 0.466 e. The molecule has 2 saturated carbocycles. The molecule has 2 fully saturated rings. The van der Waals surface area contributed by atoms with Crippen LogP contribution in [0.15, 0.2) is 23.7 Å². The first kappa shape index (κ1) is 39.9. The molecule has 0 aliphatic heterocycles. The van der Waals surface area contributed by atoms with Crippen molar-refractivity contribution < 1.29 is 68.4 Å². The maximum absolute atomic E-state index is 8.88. The molecule has 2 aliphatic carbocycles. The van der Waals surface area contributed by atoms with E-state index in [0.29, 0.717) is 26.4 Å². The normalized spacial score (nSPS) is 17.2. The Hall–Kier alpha value is -1.13. The topological polar surface area (TPSA) is 170 Å². The van der Waals surface area contributed by atoms with Gasteiger partial charge < -0.3 is 24.2 Å². The van der Waals surface area contributed by atoms with E-state index in [-0.39, 0.29) is 12.2 Å². The summed E-state index contributed by atoms with van der Waals surface area (Å²) in [5.41, 5.74) is 0. The summed E-state index contributed by atoms with van der Waals surface area (Å²) in [5, 5.41) is 18.0. The SMILES string of the molecule is CC=C(CC)OCCOOOOC1CCCCC1.CC=C(CC)OCCOOOOC1CCCCC1.O=P(O)(O)O. The summed E-state index contributed by atoms with van der Waals surface area (Å²) in [6, 6.07) is 0. The molecule has 3 N–H and O–H groups in total. The van der Waals surface area contributed by atoms with Crippen LogP contribution in [0.25, 0.3) is 0 Å². The van der Waals surface area contributed by atoms with Gasteiger partial charge >= 0.3 is 7.82 Å². The van der Waals surface area contributed by atoms with Gasteiger partial charge in [0, 0.05) is 12.8 Å². The molecule has 41 heavy (non-hydrogen) atoms. The standard InChI is InChI=1S/2C13H24O5.H3O4P/c2*1-3-12(4-2)14-10-11-15-17-18-16-13-8-6-5-7-9-13;1-5(2,3)4/h2*3,13H,4-11H2,1-2H3;(H3,1,2,3,4). The number of allylic oxidation sites excluding steroid dienone is 4. The second-order valence-corrected chi connectivity index (χ2v) is 10.1. The predicted octanol–water partition coefficient (Wildman–Crippen LogP) is 5.99. The number of hydrogen-bond donors (Lipinski definition) is 3. The summed E-state index contributed by atoms with van der Waals surface area (Å²) in [7, 11) is -4.64. The van der Waals surface area contributed by atoms with E-state index in [4.69, 9.17) is 48.3 Å².